The molecule has 0 saturated heterocycles. The van der Waals surface area contributed by atoms with E-state index in [4.69, 9.17) is 15.6 Å². The van der Waals surface area contributed by atoms with Gasteiger partial charge in [0.25, 0.3) is 0 Å². The standard InChI is InChI=1S/C15H11N3S.C15H12N2O2S.H3N2O.Na.H3P.H2S/c1-10-2-3-11(9-17-10)6-12-7-13(8-16)18-14-4-5-19-15(12)14;1-9-2-3-10(8-16-9)6-11-7-13(15(18)19)17-12-4-5-20-14(11)12;1-2-3;;;/h2-5,7,9H,6H2,1H3;2-5,7-8H,6H2,1H3,(H,18,19);3H,1H2;;1H3;1H2/q;;-1;+1;;. The van der Waals surface area contributed by atoms with Gasteiger partial charge in [0.2, 0.25) is 0 Å². The number of pyridine rings is 4. The van der Waals surface area contributed by atoms with Crippen LogP contribution in [0.15, 0.2) is 71.7 Å². The predicted molar refractivity (Wildman–Crippen MR) is 185 cm³/mol. The number of rotatable bonds is 5. The minimum atomic E-state index is -0.999. The zero-order chi connectivity index (χ0) is 30.1. The van der Waals surface area contributed by atoms with E-state index in [1.807, 2.05) is 79.0 Å². The van der Waals surface area contributed by atoms with Crippen LogP contribution in [-0.2, 0) is 12.8 Å². The topological polar surface area (TPSA) is 173 Å². The first-order valence-electron chi connectivity index (χ1n) is 12.6. The van der Waals surface area contributed by atoms with E-state index in [0.29, 0.717) is 12.1 Å². The monoisotopic (exact) mass is 687 g/mol. The van der Waals surface area contributed by atoms with Gasteiger partial charge >= 0.3 is 35.5 Å². The van der Waals surface area contributed by atoms with E-state index >= 15 is 0 Å². The van der Waals surface area contributed by atoms with Crippen LogP contribution >= 0.6 is 46.1 Å². The fourth-order valence-corrected chi connectivity index (χ4v) is 5.82. The van der Waals surface area contributed by atoms with Crippen LogP contribution in [0, 0.1) is 25.2 Å². The molecule has 0 radical (unpaired) electrons. The van der Waals surface area contributed by atoms with Gasteiger partial charge in [-0.3, -0.25) is 9.97 Å². The summed E-state index contributed by atoms with van der Waals surface area (Å²) in [5.41, 5.74) is 10.5. The van der Waals surface area contributed by atoms with Crippen LogP contribution in [0.2, 0.25) is 0 Å². The number of nitrogens with two attached hydrogens (primary N) is 1. The number of aryl methyl sites for hydroxylation is 2. The van der Waals surface area contributed by atoms with Gasteiger partial charge in [-0.25, -0.2) is 14.8 Å². The fraction of sp³-hybridized carbons (Fsp3) is 0.133. The van der Waals surface area contributed by atoms with E-state index in [9.17, 15) is 4.79 Å². The zero-order valence-corrected chi connectivity index (χ0v) is 31.0. The van der Waals surface area contributed by atoms with Crippen LogP contribution in [-0.4, -0.2) is 36.2 Å². The molecule has 1 unspecified atom stereocenters. The van der Waals surface area contributed by atoms with Crippen LogP contribution in [0.1, 0.15) is 49.8 Å². The summed E-state index contributed by atoms with van der Waals surface area (Å²) in [4.78, 5) is 28.2. The van der Waals surface area contributed by atoms with Crippen LogP contribution in [0.5, 0.6) is 0 Å². The van der Waals surface area contributed by atoms with Gasteiger partial charge in [-0.15, -0.1) is 22.7 Å². The molecule has 45 heavy (non-hydrogen) atoms. The van der Waals surface area contributed by atoms with Crippen molar-refractivity contribution in [2.24, 2.45) is 5.84 Å². The van der Waals surface area contributed by atoms with Crippen molar-refractivity contribution in [3.8, 4) is 6.07 Å². The minimum absolute atomic E-state index is 0. The first-order chi connectivity index (χ1) is 20.3. The Morgan fingerprint density at radius 1 is 0.889 bits per heavy atom. The smallest absolute Gasteiger partial charge is 0.488 e. The van der Waals surface area contributed by atoms with Crippen molar-refractivity contribution in [1.29, 1.82) is 5.26 Å². The van der Waals surface area contributed by atoms with Crippen molar-refractivity contribution in [3.05, 3.63) is 122 Å². The summed E-state index contributed by atoms with van der Waals surface area (Å²) in [5, 5.41) is 29.1. The maximum absolute atomic E-state index is 11.1. The van der Waals surface area contributed by atoms with E-state index in [-0.39, 0.29) is 58.6 Å². The molecule has 228 valence electrons. The molecule has 0 saturated carbocycles. The Balaban J connectivity index is 0.000000390. The van der Waals surface area contributed by atoms with E-state index in [0.717, 1.165) is 60.5 Å². The van der Waals surface area contributed by atoms with Gasteiger partial charge in [-0.1, -0.05) is 12.1 Å². The average molecular weight is 688 g/mol. The van der Waals surface area contributed by atoms with Gasteiger partial charge < -0.3 is 21.7 Å². The molecule has 6 aromatic rings. The summed E-state index contributed by atoms with van der Waals surface area (Å²) in [5.74, 6) is 3.03. The Morgan fingerprint density at radius 3 is 1.78 bits per heavy atom. The SMILES string of the molecule is Cc1ccc(Cc2cc(C#N)nc3ccsc23)cn1.Cc1ccc(Cc2cc(C(=O)O)nc3ccsc23)cn1.N[N-]O.P.S.[Na+]. The summed E-state index contributed by atoms with van der Waals surface area (Å²) >= 11 is 3.24. The van der Waals surface area contributed by atoms with Crippen LogP contribution < -0.4 is 35.4 Å². The number of thiophene rings is 2. The van der Waals surface area contributed by atoms with E-state index in [1.54, 1.807) is 28.7 Å². The average Bonchev–Trinajstić information content (AvgIpc) is 3.66. The third-order valence-corrected chi connectivity index (χ3v) is 8.00. The Bertz CT molecular complexity index is 1860. The molecular weight excluding hydrogens is 657 g/mol. The van der Waals surface area contributed by atoms with E-state index < -0.39 is 5.97 Å². The van der Waals surface area contributed by atoms with Gasteiger partial charge in [-0.05, 0) is 83.3 Å². The normalized spacial score (nSPS) is 9.67. The molecular formula is C30H31N7NaO3PS3. The molecule has 0 aliphatic heterocycles. The second-order valence-electron chi connectivity index (χ2n) is 9.10. The fourth-order valence-electron chi connectivity index (χ4n) is 4.12. The number of hydrogen-bond acceptors (Lipinski definition) is 10. The van der Waals surface area contributed by atoms with Crippen molar-refractivity contribution < 1.29 is 44.7 Å². The second kappa shape index (κ2) is 19.6. The first kappa shape index (κ1) is 40.2. The molecule has 6 heterocycles. The molecule has 0 aliphatic carbocycles. The van der Waals surface area contributed by atoms with Crippen molar-refractivity contribution in [3.63, 3.8) is 0 Å². The number of nitriles is 1. The van der Waals surface area contributed by atoms with Crippen LogP contribution in [0.25, 0.3) is 26.0 Å². The van der Waals surface area contributed by atoms with Crippen molar-refractivity contribution in [2.75, 3.05) is 0 Å². The Morgan fingerprint density at radius 2 is 1.36 bits per heavy atom. The van der Waals surface area contributed by atoms with Gasteiger partial charge in [0.1, 0.15) is 17.5 Å². The van der Waals surface area contributed by atoms with Gasteiger partial charge in [0.15, 0.2) is 0 Å². The summed E-state index contributed by atoms with van der Waals surface area (Å²) in [7, 11) is 0. The van der Waals surface area contributed by atoms with Crippen LogP contribution in [0.4, 0.5) is 0 Å². The number of aromatic nitrogens is 4. The largest absolute Gasteiger partial charge is 1.00 e. The molecule has 0 aromatic carbocycles. The molecule has 10 nitrogen and oxygen atoms in total. The van der Waals surface area contributed by atoms with Crippen LogP contribution in [0.3, 0.4) is 0 Å². The Kier molecular flexibility index (Phi) is 17.5. The molecule has 4 N–H and O–H groups in total. The van der Waals surface area contributed by atoms with Gasteiger partial charge in [0, 0.05) is 36.6 Å². The zero-order valence-electron chi connectivity index (χ0n) is 24.9. The second-order valence-corrected chi connectivity index (χ2v) is 10.9. The number of carbonyl (C=O) groups is 1. The third kappa shape index (κ3) is 11.2. The minimum Gasteiger partial charge on any atom is -0.488 e. The number of nitrogens with zero attached hydrogens (tertiary/aromatic N) is 6. The Labute approximate surface area is 301 Å². The molecule has 1 atom stereocenters. The summed E-state index contributed by atoms with van der Waals surface area (Å²) in [6.07, 6.45) is 5.16. The van der Waals surface area contributed by atoms with E-state index in [1.165, 1.54) is 0 Å². The third-order valence-electron chi connectivity index (χ3n) is 6.04. The van der Waals surface area contributed by atoms with Gasteiger partial charge in [-0.2, -0.15) is 28.7 Å². The predicted octanol–water partition coefficient (Wildman–Crippen LogP) is 3.55. The summed E-state index contributed by atoms with van der Waals surface area (Å²) < 4.78 is 2.19. The van der Waals surface area contributed by atoms with Crippen molar-refractivity contribution >= 4 is 72.5 Å². The molecule has 0 aliphatic rings. The maximum Gasteiger partial charge on any atom is 1.00 e. The first-order valence-corrected chi connectivity index (χ1v) is 14.3. The number of carboxylic acids is 1. The molecule has 0 fully saturated rings. The van der Waals surface area contributed by atoms with Crippen molar-refractivity contribution in [1.82, 2.24) is 19.9 Å². The number of carboxylic acid groups (broad SMARTS) is 1. The summed E-state index contributed by atoms with van der Waals surface area (Å²) in [6, 6.07) is 17.5. The number of fused-ring (bicyclic) bond motifs is 2. The quantitative estimate of drug-likeness (QED) is 0.106. The molecule has 6 aromatic heterocycles. The van der Waals surface area contributed by atoms with Gasteiger partial charge in [0.05, 0.1) is 20.4 Å². The molecule has 0 spiro atoms. The maximum atomic E-state index is 11.1. The number of aromatic carboxylic acids is 1. The van der Waals surface area contributed by atoms with E-state index in [2.05, 4.69) is 37.9 Å². The molecule has 0 bridgehead atoms. The molecule has 0 amide bonds. The number of hydrogen-bond donors (Lipinski definition) is 3. The summed E-state index contributed by atoms with van der Waals surface area (Å²) in [6.45, 7) is 3.91. The Hall–Kier alpha value is -2.86. The molecule has 6 rings (SSSR count). The molecule has 15 heteroatoms. The van der Waals surface area contributed by atoms with Crippen molar-refractivity contribution in [2.45, 2.75) is 26.7 Å².